The molecule has 21 heavy (non-hydrogen) atoms. The lowest BCUT2D eigenvalue weighted by molar-refractivity contribution is -0.384. The van der Waals surface area contributed by atoms with E-state index in [1.54, 1.807) is 24.3 Å². The van der Waals surface area contributed by atoms with Crippen molar-refractivity contribution < 1.29 is 9.31 Å². The van der Waals surface area contributed by atoms with Crippen LogP contribution in [0, 0.1) is 15.9 Å². The van der Waals surface area contributed by atoms with Crippen molar-refractivity contribution >= 4 is 5.69 Å². The summed E-state index contributed by atoms with van der Waals surface area (Å²) in [6, 6.07) is 12.8. The fraction of sp³-hybridized carbons (Fsp3) is 0.250. The number of nitro benzene ring substituents is 1. The first-order chi connectivity index (χ1) is 9.97. The molecule has 0 saturated carbocycles. The van der Waals surface area contributed by atoms with Crippen molar-refractivity contribution in [1.29, 1.82) is 0 Å². The maximum atomic E-state index is 12.9. The molecule has 1 N–H and O–H groups in total. The minimum atomic E-state index is -0.403. The normalized spacial score (nSPS) is 13.7. The van der Waals surface area contributed by atoms with Gasteiger partial charge in [-0.05, 0) is 37.1 Å². The summed E-state index contributed by atoms with van der Waals surface area (Å²) in [5.74, 6) is -0.266. The van der Waals surface area contributed by atoms with Crippen molar-refractivity contribution in [3.05, 3.63) is 75.6 Å². The molecule has 2 atom stereocenters. The predicted octanol–water partition coefficient (Wildman–Crippen LogP) is 4.15. The number of rotatable bonds is 5. The summed E-state index contributed by atoms with van der Waals surface area (Å²) >= 11 is 0. The molecule has 0 aliphatic heterocycles. The Morgan fingerprint density at radius 2 is 1.67 bits per heavy atom. The Labute approximate surface area is 122 Å². The van der Waals surface area contributed by atoms with E-state index in [1.807, 2.05) is 19.9 Å². The largest absolute Gasteiger partial charge is 0.304 e. The van der Waals surface area contributed by atoms with Crippen LogP contribution in [0.4, 0.5) is 10.1 Å². The van der Waals surface area contributed by atoms with E-state index in [-0.39, 0.29) is 23.6 Å². The van der Waals surface area contributed by atoms with E-state index in [1.165, 1.54) is 18.2 Å². The van der Waals surface area contributed by atoms with E-state index >= 15 is 0 Å². The molecule has 2 unspecified atom stereocenters. The molecular weight excluding hydrogens is 271 g/mol. The van der Waals surface area contributed by atoms with Crippen LogP contribution in [0.25, 0.3) is 0 Å². The van der Waals surface area contributed by atoms with Gasteiger partial charge in [0.25, 0.3) is 5.69 Å². The SMILES string of the molecule is CC(NC(C)c1cccc([N+](=O)[O-])c1)c1ccc(F)cc1. The van der Waals surface area contributed by atoms with Gasteiger partial charge >= 0.3 is 0 Å². The zero-order valence-corrected chi connectivity index (χ0v) is 11.9. The van der Waals surface area contributed by atoms with Crippen molar-refractivity contribution in [2.24, 2.45) is 0 Å². The quantitative estimate of drug-likeness (QED) is 0.664. The van der Waals surface area contributed by atoms with E-state index in [0.29, 0.717) is 0 Å². The maximum absolute atomic E-state index is 12.9. The van der Waals surface area contributed by atoms with E-state index in [2.05, 4.69) is 5.32 Å². The van der Waals surface area contributed by atoms with Gasteiger partial charge in [-0.15, -0.1) is 0 Å². The topological polar surface area (TPSA) is 55.2 Å². The highest BCUT2D eigenvalue weighted by Gasteiger charge is 2.14. The third kappa shape index (κ3) is 3.86. The molecule has 2 aromatic rings. The standard InChI is InChI=1S/C16H17FN2O2/c1-11(13-6-8-15(17)9-7-13)18-12(2)14-4-3-5-16(10-14)19(20)21/h3-12,18H,1-2H3. The molecule has 0 aliphatic carbocycles. The first kappa shape index (κ1) is 15.1. The van der Waals surface area contributed by atoms with Crippen LogP contribution in [0.3, 0.4) is 0 Å². The van der Waals surface area contributed by atoms with Crippen molar-refractivity contribution in [1.82, 2.24) is 5.32 Å². The minimum absolute atomic E-state index is 0.0138. The van der Waals surface area contributed by atoms with Gasteiger partial charge < -0.3 is 5.32 Å². The third-order valence-electron chi connectivity index (χ3n) is 3.45. The van der Waals surface area contributed by atoms with Crippen LogP contribution in [0.2, 0.25) is 0 Å². The lowest BCUT2D eigenvalue weighted by Crippen LogP contribution is -2.22. The number of non-ortho nitro benzene ring substituents is 1. The second-order valence-corrected chi connectivity index (χ2v) is 5.01. The van der Waals surface area contributed by atoms with Crippen LogP contribution in [0.5, 0.6) is 0 Å². The molecule has 5 heteroatoms. The van der Waals surface area contributed by atoms with Gasteiger partial charge in [0, 0.05) is 24.2 Å². The molecule has 0 amide bonds. The fourth-order valence-corrected chi connectivity index (χ4v) is 2.23. The predicted molar refractivity (Wildman–Crippen MR) is 79.5 cm³/mol. The van der Waals surface area contributed by atoms with Gasteiger partial charge in [0.15, 0.2) is 0 Å². The summed E-state index contributed by atoms with van der Waals surface area (Å²) < 4.78 is 12.9. The molecule has 0 aromatic heterocycles. The van der Waals surface area contributed by atoms with Gasteiger partial charge in [0.2, 0.25) is 0 Å². The zero-order valence-electron chi connectivity index (χ0n) is 11.9. The molecular formula is C16H17FN2O2. The molecule has 0 aliphatic rings. The Morgan fingerprint density at radius 1 is 1.05 bits per heavy atom. The Bertz CT molecular complexity index is 628. The number of halogens is 1. The van der Waals surface area contributed by atoms with Crippen molar-refractivity contribution in [2.45, 2.75) is 25.9 Å². The number of nitrogens with one attached hydrogen (secondary N) is 1. The van der Waals surface area contributed by atoms with Gasteiger partial charge in [-0.2, -0.15) is 0 Å². The molecule has 0 spiro atoms. The summed E-state index contributed by atoms with van der Waals surface area (Å²) in [4.78, 5) is 10.4. The first-order valence-corrected chi connectivity index (χ1v) is 6.73. The van der Waals surface area contributed by atoms with Gasteiger partial charge in [0.1, 0.15) is 5.82 Å². The molecule has 110 valence electrons. The first-order valence-electron chi connectivity index (χ1n) is 6.73. The lowest BCUT2D eigenvalue weighted by atomic mass is 10.0. The monoisotopic (exact) mass is 288 g/mol. The second-order valence-electron chi connectivity index (χ2n) is 5.01. The summed E-state index contributed by atoms with van der Waals surface area (Å²) in [5, 5.41) is 14.2. The Balaban J connectivity index is 2.10. The number of benzene rings is 2. The molecule has 2 aromatic carbocycles. The molecule has 0 radical (unpaired) electrons. The average molecular weight is 288 g/mol. The summed E-state index contributed by atoms with van der Waals surface area (Å²) in [7, 11) is 0. The summed E-state index contributed by atoms with van der Waals surface area (Å²) in [6.07, 6.45) is 0. The number of hydrogen-bond donors (Lipinski definition) is 1. The second kappa shape index (κ2) is 6.45. The Hall–Kier alpha value is -2.27. The number of nitrogens with zero attached hydrogens (tertiary/aromatic N) is 1. The maximum Gasteiger partial charge on any atom is 0.269 e. The van der Waals surface area contributed by atoms with Gasteiger partial charge in [-0.1, -0.05) is 24.3 Å². The third-order valence-corrected chi connectivity index (χ3v) is 3.45. The van der Waals surface area contributed by atoms with Crippen molar-refractivity contribution in [2.75, 3.05) is 0 Å². The van der Waals surface area contributed by atoms with Gasteiger partial charge in [-0.3, -0.25) is 10.1 Å². The van der Waals surface area contributed by atoms with Gasteiger partial charge in [0.05, 0.1) is 4.92 Å². The van der Waals surface area contributed by atoms with E-state index in [4.69, 9.17) is 0 Å². The minimum Gasteiger partial charge on any atom is -0.304 e. The Kier molecular flexibility index (Phi) is 4.65. The fourth-order valence-electron chi connectivity index (χ4n) is 2.23. The van der Waals surface area contributed by atoms with Crippen LogP contribution in [-0.4, -0.2) is 4.92 Å². The van der Waals surface area contributed by atoms with E-state index in [0.717, 1.165) is 11.1 Å². The van der Waals surface area contributed by atoms with E-state index in [9.17, 15) is 14.5 Å². The van der Waals surface area contributed by atoms with Crippen molar-refractivity contribution in [3.63, 3.8) is 0 Å². The molecule has 0 heterocycles. The highest BCUT2D eigenvalue weighted by molar-refractivity contribution is 5.35. The summed E-state index contributed by atoms with van der Waals surface area (Å²) in [6.45, 7) is 3.92. The smallest absolute Gasteiger partial charge is 0.269 e. The molecule has 0 bridgehead atoms. The van der Waals surface area contributed by atoms with Crippen LogP contribution in [-0.2, 0) is 0 Å². The van der Waals surface area contributed by atoms with Crippen LogP contribution >= 0.6 is 0 Å². The number of hydrogen-bond acceptors (Lipinski definition) is 3. The highest BCUT2D eigenvalue weighted by Crippen LogP contribution is 2.22. The van der Waals surface area contributed by atoms with Crippen molar-refractivity contribution in [3.8, 4) is 0 Å². The summed E-state index contributed by atoms with van der Waals surface area (Å²) in [5.41, 5.74) is 1.89. The zero-order chi connectivity index (χ0) is 15.4. The molecule has 0 fully saturated rings. The lowest BCUT2D eigenvalue weighted by Gasteiger charge is -2.20. The highest BCUT2D eigenvalue weighted by atomic mass is 19.1. The van der Waals surface area contributed by atoms with Crippen LogP contribution in [0.1, 0.15) is 37.1 Å². The number of nitro groups is 1. The Morgan fingerprint density at radius 3 is 2.29 bits per heavy atom. The average Bonchev–Trinajstić information content (AvgIpc) is 2.48. The van der Waals surface area contributed by atoms with Crippen LogP contribution in [0.15, 0.2) is 48.5 Å². The van der Waals surface area contributed by atoms with E-state index < -0.39 is 4.92 Å². The molecule has 0 saturated heterocycles. The molecule has 4 nitrogen and oxygen atoms in total. The molecule has 2 rings (SSSR count). The van der Waals surface area contributed by atoms with Crippen LogP contribution < -0.4 is 5.32 Å². The van der Waals surface area contributed by atoms with Gasteiger partial charge in [-0.25, -0.2) is 4.39 Å².